The van der Waals surface area contributed by atoms with Crippen LogP contribution in [0.25, 0.3) is 0 Å². The van der Waals surface area contributed by atoms with Gasteiger partial charge in [0.05, 0.1) is 5.56 Å². The van der Waals surface area contributed by atoms with Gasteiger partial charge >= 0.3 is 0 Å². The van der Waals surface area contributed by atoms with Gasteiger partial charge in [0.15, 0.2) is 5.84 Å². The summed E-state index contributed by atoms with van der Waals surface area (Å²) >= 11 is 0. The summed E-state index contributed by atoms with van der Waals surface area (Å²) in [7, 11) is 0. The van der Waals surface area contributed by atoms with Gasteiger partial charge in [-0.2, -0.15) is 0 Å². The van der Waals surface area contributed by atoms with Gasteiger partial charge in [-0.1, -0.05) is 5.16 Å². The van der Waals surface area contributed by atoms with E-state index in [2.05, 4.69) is 23.0 Å². The highest BCUT2D eigenvalue weighted by molar-refractivity contribution is 6.01. The predicted octanol–water partition coefficient (Wildman–Crippen LogP) is 2.04. The summed E-state index contributed by atoms with van der Waals surface area (Å²) in [6, 6.07) is 2.53. The number of aromatic nitrogens is 1. The van der Waals surface area contributed by atoms with Crippen LogP contribution in [-0.2, 0) is 12.8 Å². The van der Waals surface area contributed by atoms with E-state index in [1.165, 1.54) is 30.5 Å². The number of oxime groups is 1. The molecule has 0 radical (unpaired) electrons. The number of hydrogen-bond donors (Lipinski definition) is 2. The Labute approximate surface area is 119 Å². The number of rotatable bonds is 2. The maximum absolute atomic E-state index is 9.04. The lowest BCUT2D eigenvalue weighted by molar-refractivity contribution is 0.318. The maximum Gasteiger partial charge on any atom is 0.173 e. The van der Waals surface area contributed by atoms with Gasteiger partial charge in [-0.05, 0) is 57.1 Å². The molecule has 5 nitrogen and oxygen atoms in total. The Morgan fingerprint density at radius 2 is 2.25 bits per heavy atom. The number of anilines is 1. The summed E-state index contributed by atoms with van der Waals surface area (Å²) in [5, 5.41) is 12.2. The summed E-state index contributed by atoms with van der Waals surface area (Å²) in [6.45, 7) is 3.22. The van der Waals surface area contributed by atoms with Gasteiger partial charge in [0.1, 0.15) is 5.82 Å². The molecule has 5 heteroatoms. The molecule has 3 N–H and O–H groups in total. The SMILES string of the molecule is CC1CCCCN1c1nc2c(cc1C(N)=NO)CCC2. The van der Waals surface area contributed by atoms with Crippen molar-refractivity contribution in [3.05, 3.63) is 22.9 Å². The van der Waals surface area contributed by atoms with Crippen molar-refractivity contribution in [1.29, 1.82) is 0 Å². The van der Waals surface area contributed by atoms with Gasteiger partial charge in [-0.3, -0.25) is 0 Å². The number of nitrogens with zero attached hydrogens (tertiary/aromatic N) is 3. The molecule has 108 valence electrons. The van der Waals surface area contributed by atoms with Crippen molar-refractivity contribution in [2.24, 2.45) is 10.9 Å². The Bertz CT molecular complexity index is 541. The van der Waals surface area contributed by atoms with Gasteiger partial charge < -0.3 is 15.8 Å². The highest BCUT2D eigenvalue weighted by Crippen LogP contribution is 2.30. The van der Waals surface area contributed by atoms with Crippen molar-refractivity contribution in [2.45, 2.75) is 51.5 Å². The van der Waals surface area contributed by atoms with E-state index in [1.807, 2.05) is 0 Å². The molecule has 1 saturated heterocycles. The van der Waals surface area contributed by atoms with Gasteiger partial charge in [-0.15, -0.1) is 0 Å². The van der Waals surface area contributed by atoms with Gasteiger partial charge in [-0.25, -0.2) is 4.98 Å². The number of pyridine rings is 1. The lowest BCUT2D eigenvalue weighted by atomic mass is 10.0. The third-order valence-electron chi connectivity index (χ3n) is 4.49. The highest BCUT2D eigenvalue weighted by atomic mass is 16.4. The molecule has 1 fully saturated rings. The third-order valence-corrected chi connectivity index (χ3v) is 4.49. The van der Waals surface area contributed by atoms with Crippen LogP contribution >= 0.6 is 0 Å². The fourth-order valence-electron chi connectivity index (χ4n) is 3.34. The van der Waals surface area contributed by atoms with E-state index < -0.39 is 0 Å². The van der Waals surface area contributed by atoms with Crippen LogP contribution < -0.4 is 10.6 Å². The molecule has 1 aliphatic carbocycles. The van der Waals surface area contributed by atoms with Crippen LogP contribution in [-0.4, -0.2) is 28.6 Å². The van der Waals surface area contributed by atoms with Crippen LogP contribution in [0.2, 0.25) is 0 Å². The second-order valence-corrected chi connectivity index (χ2v) is 5.84. The van der Waals surface area contributed by atoms with Gasteiger partial charge in [0, 0.05) is 18.3 Å². The smallest absolute Gasteiger partial charge is 0.173 e. The second kappa shape index (κ2) is 5.31. The van der Waals surface area contributed by atoms with Crippen molar-refractivity contribution < 1.29 is 5.21 Å². The number of hydrogen-bond acceptors (Lipinski definition) is 4. The molecule has 0 bridgehead atoms. The van der Waals surface area contributed by atoms with Crippen LogP contribution in [0.4, 0.5) is 5.82 Å². The number of amidine groups is 1. The van der Waals surface area contributed by atoms with E-state index in [9.17, 15) is 0 Å². The summed E-state index contributed by atoms with van der Waals surface area (Å²) in [5.74, 6) is 1.06. The Hall–Kier alpha value is -1.78. The lowest BCUT2D eigenvalue weighted by Gasteiger charge is -2.35. The minimum atomic E-state index is 0.167. The van der Waals surface area contributed by atoms with E-state index in [1.54, 1.807) is 0 Å². The Kier molecular flexibility index (Phi) is 3.51. The molecule has 1 unspecified atom stereocenters. The molecule has 1 aromatic rings. The minimum absolute atomic E-state index is 0.167. The summed E-state index contributed by atoms with van der Waals surface area (Å²) in [6.07, 6.45) is 6.86. The predicted molar refractivity (Wildman–Crippen MR) is 79.4 cm³/mol. The molecule has 2 heterocycles. The molecule has 1 aromatic heterocycles. The van der Waals surface area contributed by atoms with Crippen molar-refractivity contribution in [3.8, 4) is 0 Å². The fourth-order valence-corrected chi connectivity index (χ4v) is 3.34. The van der Waals surface area contributed by atoms with Crippen LogP contribution in [0.15, 0.2) is 11.2 Å². The molecule has 3 rings (SSSR count). The molecule has 2 aliphatic rings. The van der Waals surface area contributed by atoms with Gasteiger partial charge in [0.2, 0.25) is 0 Å². The summed E-state index contributed by atoms with van der Waals surface area (Å²) in [4.78, 5) is 7.17. The van der Waals surface area contributed by atoms with Crippen LogP contribution in [0, 0.1) is 0 Å². The van der Waals surface area contributed by atoms with Crippen molar-refractivity contribution >= 4 is 11.7 Å². The van der Waals surface area contributed by atoms with E-state index >= 15 is 0 Å². The first-order valence-corrected chi connectivity index (χ1v) is 7.48. The zero-order chi connectivity index (χ0) is 14.1. The Morgan fingerprint density at radius 1 is 1.40 bits per heavy atom. The highest BCUT2D eigenvalue weighted by Gasteiger charge is 2.26. The van der Waals surface area contributed by atoms with Crippen LogP contribution in [0.1, 0.15) is 49.4 Å². The average molecular weight is 274 g/mol. The first-order chi connectivity index (χ1) is 9.70. The summed E-state index contributed by atoms with van der Waals surface area (Å²) in [5.41, 5.74) is 9.09. The van der Waals surface area contributed by atoms with Crippen molar-refractivity contribution in [2.75, 3.05) is 11.4 Å². The zero-order valence-corrected chi connectivity index (χ0v) is 12.0. The molecule has 0 spiro atoms. The van der Waals surface area contributed by atoms with Crippen LogP contribution in [0.3, 0.4) is 0 Å². The quantitative estimate of drug-likeness (QED) is 0.374. The first-order valence-electron chi connectivity index (χ1n) is 7.48. The summed E-state index contributed by atoms with van der Waals surface area (Å²) < 4.78 is 0. The lowest BCUT2D eigenvalue weighted by Crippen LogP contribution is -2.39. The maximum atomic E-state index is 9.04. The fraction of sp³-hybridized carbons (Fsp3) is 0.600. The number of piperidine rings is 1. The van der Waals surface area contributed by atoms with E-state index in [0.717, 1.165) is 37.2 Å². The topological polar surface area (TPSA) is 74.7 Å². The third kappa shape index (κ3) is 2.21. The standard InChI is InChI=1S/C15H22N4O/c1-10-5-2-3-8-19(10)15-12(14(16)18-20)9-11-6-4-7-13(11)17-15/h9-10,20H,2-8H2,1H3,(H2,16,18). The minimum Gasteiger partial charge on any atom is -0.409 e. The molecule has 0 saturated carbocycles. The monoisotopic (exact) mass is 274 g/mol. The molecular formula is C15H22N4O. The van der Waals surface area contributed by atoms with E-state index in [0.29, 0.717) is 6.04 Å². The molecule has 0 aromatic carbocycles. The Morgan fingerprint density at radius 3 is 3.00 bits per heavy atom. The second-order valence-electron chi connectivity index (χ2n) is 5.84. The molecule has 20 heavy (non-hydrogen) atoms. The van der Waals surface area contributed by atoms with E-state index in [4.69, 9.17) is 15.9 Å². The van der Waals surface area contributed by atoms with Gasteiger partial charge in [0.25, 0.3) is 0 Å². The number of nitrogens with two attached hydrogens (primary N) is 1. The van der Waals surface area contributed by atoms with E-state index in [-0.39, 0.29) is 5.84 Å². The first kappa shape index (κ1) is 13.2. The normalized spacial score (nSPS) is 22.9. The molecule has 1 aliphatic heterocycles. The molecular weight excluding hydrogens is 252 g/mol. The zero-order valence-electron chi connectivity index (χ0n) is 12.0. The van der Waals surface area contributed by atoms with Crippen molar-refractivity contribution in [3.63, 3.8) is 0 Å². The van der Waals surface area contributed by atoms with Crippen LogP contribution in [0.5, 0.6) is 0 Å². The average Bonchev–Trinajstić information content (AvgIpc) is 2.93. The molecule has 0 amide bonds. The van der Waals surface area contributed by atoms with Crippen molar-refractivity contribution in [1.82, 2.24) is 4.98 Å². The Balaban J connectivity index is 2.07. The number of aryl methyl sites for hydroxylation is 2. The number of fused-ring (bicyclic) bond motifs is 1. The largest absolute Gasteiger partial charge is 0.409 e. The molecule has 1 atom stereocenters.